The third-order valence-electron chi connectivity index (χ3n) is 7.62. The van der Waals surface area contributed by atoms with Crippen molar-refractivity contribution in [3.63, 3.8) is 0 Å². The predicted molar refractivity (Wildman–Crippen MR) is 145 cm³/mol. The van der Waals surface area contributed by atoms with Crippen LogP contribution in [0.1, 0.15) is 67.3 Å². The second-order valence-corrected chi connectivity index (χ2v) is 10.2. The molecule has 0 aliphatic heterocycles. The fourth-order valence-corrected chi connectivity index (χ4v) is 5.78. The molecule has 0 saturated heterocycles. The Morgan fingerprint density at radius 3 is 2.54 bits per heavy atom. The van der Waals surface area contributed by atoms with Gasteiger partial charge in [-0.3, -0.25) is 0 Å². The van der Waals surface area contributed by atoms with E-state index >= 15 is 0 Å². The summed E-state index contributed by atoms with van der Waals surface area (Å²) in [6.07, 6.45) is 4.82. The molecule has 0 bridgehead atoms. The van der Waals surface area contributed by atoms with Crippen molar-refractivity contribution in [2.75, 3.05) is 0 Å². The van der Waals surface area contributed by atoms with E-state index in [0.717, 1.165) is 12.0 Å². The van der Waals surface area contributed by atoms with E-state index < -0.39 is 0 Å². The van der Waals surface area contributed by atoms with Crippen LogP contribution in [0, 0.1) is 13.8 Å². The van der Waals surface area contributed by atoms with Gasteiger partial charge in [0.2, 0.25) is 5.82 Å². The third-order valence-corrected chi connectivity index (χ3v) is 7.62. The molecule has 1 aliphatic carbocycles. The summed E-state index contributed by atoms with van der Waals surface area (Å²) < 4.78 is 11.0. The molecular weight excluding hydrogens is 460 g/mol. The highest BCUT2D eigenvalue weighted by atomic mass is 16.5. The van der Waals surface area contributed by atoms with Crippen molar-refractivity contribution in [3.05, 3.63) is 89.5 Å². The fraction of sp³-hybridized carbons (Fsp3) is 0.323. The van der Waals surface area contributed by atoms with E-state index in [-0.39, 0.29) is 0 Å². The zero-order valence-electron chi connectivity index (χ0n) is 21.6. The average Bonchev–Trinajstić information content (AvgIpc) is 3.54. The highest BCUT2D eigenvalue weighted by molar-refractivity contribution is 5.86. The number of fused-ring (bicyclic) bond motifs is 1. The molecule has 3 aromatic carbocycles. The van der Waals surface area contributed by atoms with Gasteiger partial charge in [0.25, 0.3) is 5.89 Å². The fourth-order valence-electron chi connectivity index (χ4n) is 5.78. The molecule has 37 heavy (non-hydrogen) atoms. The van der Waals surface area contributed by atoms with Crippen LogP contribution in [0.2, 0.25) is 0 Å². The molecule has 0 radical (unpaired) electrons. The maximum Gasteiger partial charge on any atom is 0.280 e. The van der Waals surface area contributed by atoms with E-state index in [2.05, 4.69) is 94.1 Å². The number of benzene rings is 3. The molecule has 2 aromatic heterocycles. The Hall–Kier alpha value is -3.77. The lowest BCUT2D eigenvalue weighted by Gasteiger charge is -2.32. The lowest BCUT2D eigenvalue weighted by atomic mass is 9.80. The van der Waals surface area contributed by atoms with Gasteiger partial charge in [0.15, 0.2) is 11.6 Å². The van der Waals surface area contributed by atoms with Gasteiger partial charge in [-0.1, -0.05) is 78.3 Å². The number of hydrogen-bond donors (Lipinski definition) is 1. The summed E-state index contributed by atoms with van der Waals surface area (Å²) in [6.45, 7) is 5.95. The van der Waals surface area contributed by atoms with Gasteiger partial charge in [-0.25, -0.2) is 4.98 Å². The normalized spacial score (nSPS) is 18.8. The molecule has 3 atom stereocenters. The Bertz CT molecular complexity index is 1510. The second kappa shape index (κ2) is 9.94. The first kappa shape index (κ1) is 23.6. The Labute approximate surface area is 217 Å². The molecule has 1 N–H and O–H groups in total. The number of hydrogen-bond acceptors (Lipinski definition) is 6. The van der Waals surface area contributed by atoms with Gasteiger partial charge in [-0.05, 0) is 60.9 Å². The summed E-state index contributed by atoms with van der Waals surface area (Å²) in [5.41, 5.74) is 4.29. The number of rotatable bonds is 6. The Kier molecular flexibility index (Phi) is 6.35. The highest BCUT2D eigenvalue weighted by Crippen LogP contribution is 2.35. The predicted octanol–water partition coefficient (Wildman–Crippen LogP) is 7.54. The third kappa shape index (κ3) is 4.81. The van der Waals surface area contributed by atoms with Gasteiger partial charge >= 0.3 is 0 Å². The van der Waals surface area contributed by atoms with E-state index in [1.54, 1.807) is 0 Å². The van der Waals surface area contributed by atoms with Crippen molar-refractivity contribution >= 4 is 10.8 Å². The van der Waals surface area contributed by atoms with Crippen molar-refractivity contribution in [3.8, 4) is 23.0 Å². The zero-order valence-corrected chi connectivity index (χ0v) is 21.6. The minimum Gasteiger partial charge on any atom is -0.445 e. The molecule has 5 aromatic rings. The second-order valence-electron chi connectivity index (χ2n) is 10.2. The highest BCUT2D eigenvalue weighted by Gasteiger charge is 2.25. The van der Waals surface area contributed by atoms with Crippen molar-refractivity contribution in [2.24, 2.45) is 0 Å². The van der Waals surface area contributed by atoms with Crippen LogP contribution >= 0.6 is 0 Å². The number of oxazole rings is 1. The number of aryl methyl sites for hydroxylation is 2. The average molecular weight is 493 g/mol. The van der Waals surface area contributed by atoms with E-state index in [1.807, 2.05) is 13.8 Å². The van der Waals surface area contributed by atoms with E-state index in [9.17, 15) is 0 Å². The van der Waals surface area contributed by atoms with Crippen LogP contribution in [0.25, 0.3) is 33.7 Å². The Morgan fingerprint density at radius 2 is 1.73 bits per heavy atom. The molecule has 2 heterocycles. The number of nitrogens with one attached hydrogen (secondary N) is 1. The van der Waals surface area contributed by atoms with Crippen LogP contribution in [0.5, 0.6) is 0 Å². The lowest BCUT2D eigenvalue weighted by Crippen LogP contribution is -2.35. The van der Waals surface area contributed by atoms with Gasteiger partial charge in [0, 0.05) is 24.6 Å². The maximum atomic E-state index is 5.50. The molecule has 0 spiro atoms. The standard InChI is InChI=1S/C31H32N4O2/c1-19(27-13-7-9-23-8-4-5-12-28(23)27)32-26-11-6-10-25(18-26)22-14-16-24(17-15-22)30-34-31(37-35-30)29-20(2)36-21(3)33-29/h4-5,7-9,12-17,19,25-26,32H,6,10-11,18H2,1-3H3/t19-,25+,26+/m1/s1. The summed E-state index contributed by atoms with van der Waals surface area (Å²) in [5, 5.41) is 10.8. The van der Waals surface area contributed by atoms with Gasteiger partial charge in [-0.15, -0.1) is 0 Å². The Morgan fingerprint density at radius 1 is 0.919 bits per heavy atom. The molecule has 6 heteroatoms. The van der Waals surface area contributed by atoms with Crippen molar-refractivity contribution in [1.82, 2.24) is 20.4 Å². The molecule has 0 amide bonds. The van der Waals surface area contributed by atoms with Gasteiger partial charge in [-0.2, -0.15) is 4.98 Å². The summed E-state index contributed by atoms with van der Waals surface area (Å²) in [7, 11) is 0. The van der Waals surface area contributed by atoms with Gasteiger partial charge in [0.1, 0.15) is 5.76 Å². The van der Waals surface area contributed by atoms with Gasteiger partial charge in [0.05, 0.1) is 0 Å². The Balaban J connectivity index is 1.14. The molecule has 0 unspecified atom stereocenters. The topological polar surface area (TPSA) is 77.0 Å². The largest absolute Gasteiger partial charge is 0.445 e. The summed E-state index contributed by atoms with van der Waals surface area (Å²) in [5.74, 6) is 2.76. The molecule has 1 fully saturated rings. The first-order valence-electron chi connectivity index (χ1n) is 13.2. The molecule has 6 rings (SSSR count). The van der Waals surface area contributed by atoms with E-state index in [1.165, 1.54) is 41.2 Å². The van der Waals surface area contributed by atoms with Gasteiger partial charge < -0.3 is 14.3 Å². The molecule has 1 aliphatic rings. The maximum absolute atomic E-state index is 5.50. The first-order chi connectivity index (χ1) is 18.0. The minimum atomic E-state index is 0.307. The van der Waals surface area contributed by atoms with E-state index in [0.29, 0.717) is 47.1 Å². The zero-order chi connectivity index (χ0) is 25.4. The lowest BCUT2D eigenvalue weighted by molar-refractivity contribution is 0.319. The number of nitrogens with zero attached hydrogens (tertiary/aromatic N) is 3. The SMILES string of the molecule is Cc1nc(-c2nc(-c3ccc([C@H]4CCC[C@H](N[C@H](C)c5cccc6ccccc56)C4)cc3)no2)c(C)o1. The van der Waals surface area contributed by atoms with Crippen LogP contribution in [0.4, 0.5) is 0 Å². The smallest absolute Gasteiger partial charge is 0.280 e. The van der Waals surface area contributed by atoms with Crippen molar-refractivity contribution < 1.29 is 8.94 Å². The minimum absolute atomic E-state index is 0.307. The monoisotopic (exact) mass is 492 g/mol. The molecule has 1 saturated carbocycles. The van der Waals surface area contributed by atoms with Crippen molar-refractivity contribution in [2.45, 2.75) is 64.5 Å². The van der Waals surface area contributed by atoms with Crippen LogP contribution in [-0.2, 0) is 0 Å². The number of aromatic nitrogens is 3. The first-order valence-corrected chi connectivity index (χ1v) is 13.2. The summed E-state index contributed by atoms with van der Waals surface area (Å²) in [6, 6.07) is 24.7. The summed E-state index contributed by atoms with van der Waals surface area (Å²) in [4.78, 5) is 8.91. The van der Waals surface area contributed by atoms with Crippen molar-refractivity contribution in [1.29, 1.82) is 0 Å². The van der Waals surface area contributed by atoms with E-state index in [4.69, 9.17) is 8.94 Å². The van der Waals surface area contributed by atoms with Crippen LogP contribution in [0.15, 0.2) is 75.7 Å². The molecule has 6 nitrogen and oxygen atoms in total. The molecule has 188 valence electrons. The van der Waals surface area contributed by atoms with Crippen LogP contribution < -0.4 is 5.32 Å². The molecular formula is C31H32N4O2. The van der Waals surface area contributed by atoms with Crippen LogP contribution in [0.3, 0.4) is 0 Å². The summed E-state index contributed by atoms with van der Waals surface area (Å²) >= 11 is 0. The van der Waals surface area contributed by atoms with Crippen LogP contribution in [-0.4, -0.2) is 21.2 Å². The quantitative estimate of drug-likeness (QED) is 0.264.